The molecule has 2 aromatic heterocycles. The van der Waals surface area contributed by atoms with Crippen LogP contribution < -0.4 is 32.0 Å². The second kappa shape index (κ2) is 6.80. The van der Waals surface area contributed by atoms with Gasteiger partial charge in [-0.2, -0.15) is 4.68 Å². The number of halogens is 1. The number of ether oxygens (including phenoxy) is 1. The second-order valence-electron chi connectivity index (χ2n) is 7.80. The maximum Gasteiger partial charge on any atom is 0.354 e. The van der Waals surface area contributed by atoms with Crippen molar-refractivity contribution < 1.29 is 9.13 Å². The summed E-state index contributed by atoms with van der Waals surface area (Å²) in [5.74, 6) is 5.72. The Kier molecular flexibility index (Phi) is 4.57. The molecule has 1 aliphatic carbocycles. The maximum atomic E-state index is 15.2. The molecular formula is C19H26FN5O3. The van der Waals surface area contributed by atoms with Gasteiger partial charge in [-0.3, -0.25) is 9.20 Å². The number of fused-ring (bicyclic) bond motifs is 1. The molecule has 0 bridgehead atoms. The molecule has 2 aromatic rings. The summed E-state index contributed by atoms with van der Waals surface area (Å²) in [6.45, 7) is 3.45. The normalized spacial score (nSPS) is 20.7. The van der Waals surface area contributed by atoms with Crippen molar-refractivity contribution in [2.75, 3.05) is 38.0 Å². The lowest BCUT2D eigenvalue weighted by Crippen LogP contribution is -2.44. The Labute approximate surface area is 161 Å². The van der Waals surface area contributed by atoms with Crippen molar-refractivity contribution in [3.63, 3.8) is 0 Å². The van der Waals surface area contributed by atoms with Crippen molar-refractivity contribution in [3.8, 4) is 5.75 Å². The van der Waals surface area contributed by atoms with Gasteiger partial charge in [-0.1, -0.05) is 0 Å². The lowest BCUT2D eigenvalue weighted by atomic mass is 10.0. The van der Waals surface area contributed by atoms with E-state index in [1.165, 1.54) is 7.11 Å². The van der Waals surface area contributed by atoms with Crippen molar-refractivity contribution >= 4 is 11.2 Å². The van der Waals surface area contributed by atoms with Crippen LogP contribution in [0.25, 0.3) is 5.52 Å². The molecule has 0 unspecified atom stereocenters. The maximum absolute atomic E-state index is 15.2. The number of methoxy groups -OCH3 is 1. The smallest absolute Gasteiger partial charge is 0.354 e. The number of nitrogens with one attached hydrogen (secondary N) is 1. The Morgan fingerprint density at radius 3 is 2.64 bits per heavy atom. The first kappa shape index (κ1) is 18.8. The van der Waals surface area contributed by atoms with Gasteiger partial charge in [0.2, 0.25) is 0 Å². The van der Waals surface area contributed by atoms with E-state index in [0.717, 1.165) is 29.9 Å². The zero-order valence-corrected chi connectivity index (χ0v) is 16.4. The number of nitrogen functional groups attached to an aromatic ring is 1. The van der Waals surface area contributed by atoms with E-state index < -0.39 is 17.1 Å². The number of hydrogen-bond donors (Lipinski definition) is 2. The highest BCUT2D eigenvalue weighted by Crippen LogP contribution is 2.45. The first-order valence-corrected chi connectivity index (χ1v) is 9.64. The molecule has 1 saturated carbocycles. The summed E-state index contributed by atoms with van der Waals surface area (Å²) < 4.78 is 22.4. The Morgan fingerprint density at radius 1 is 1.32 bits per heavy atom. The quantitative estimate of drug-likeness (QED) is 0.727. The Bertz CT molecular complexity index is 1040. The van der Waals surface area contributed by atoms with Crippen LogP contribution in [0.4, 0.5) is 10.1 Å². The Balaban J connectivity index is 1.95. The molecule has 9 heteroatoms. The molecule has 2 aliphatic rings. The molecule has 0 aromatic carbocycles. The van der Waals surface area contributed by atoms with Crippen molar-refractivity contribution in [1.29, 1.82) is 0 Å². The molecular weight excluding hydrogens is 365 g/mol. The number of hydrogen-bond acceptors (Lipinski definition) is 6. The summed E-state index contributed by atoms with van der Waals surface area (Å²) in [6, 6.07) is 0.300. The lowest BCUT2D eigenvalue weighted by molar-refractivity contribution is 0.410. The number of pyridine rings is 1. The molecule has 3 N–H and O–H groups in total. The Hall–Kier alpha value is -2.55. The zero-order chi connectivity index (χ0) is 20.2. The van der Waals surface area contributed by atoms with E-state index in [-0.39, 0.29) is 11.7 Å². The first-order chi connectivity index (χ1) is 13.4. The fourth-order valence-electron chi connectivity index (χ4n) is 4.27. The van der Waals surface area contributed by atoms with E-state index in [4.69, 9.17) is 10.6 Å². The summed E-state index contributed by atoms with van der Waals surface area (Å²) in [7, 11) is 3.36. The van der Waals surface area contributed by atoms with Crippen LogP contribution in [0.3, 0.4) is 0 Å². The van der Waals surface area contributed by atoms with Gasteiger partial charge < -0.3 is 20.8 Å². The van der Waals surface area contributed by atoms with Crippen molar-refractivity contribution in [1.82, 2.24) is 14.4 Å². The van der Waals surface area contributed by atoms with E-state index in [1.54, 1.807) is 0 Å². The van der Waals surface area contributed by atoms with Crippen LogP contribution in [0.15, 0.2) is 15.8 Å². The number of anilines is 1. The van der Waals surface area contributed by atoms with Gasteiger partial charge in [-0.25, -0.2) is 9.18 Å². The predicted octanol–water partition coefficient (Wildman–Crippen LogP) is 0.634. The highest BCUT2D eigenvalue weighted by atomic mass is 19.1. The third-order valence-corrected chi connectivity index (χ3v) is 6.15. The summed E-state index contributed by atoms with van der Waals surface area (Å²) in [5, 5.41) is 3.25. The van der Waals surface area contributed by atoms with Gasteiger partial charge in [-0.15, -0.1) is 0 Å². The minimum absolute atomic E-state index is 0.0146. The van der Waals surface area contributed by atoms with E-state index in [1.807, 2.05) is 11.9 Å². The largest absolute Gasteiger partial charge is 0.492 e. The summed E-state index contributed by atoms with van der Waals surface area (Å²) in [6.07, 6.45) is 3.72. The van der Waals surface area contributed by atoms with E-state index in [0.29, 0.717) is 46.5 Å². The molecule has 8 nitrogen and oxygen atoms in total. The van der Waals surface area contributed by atoms with Crippen LogP contribution in [-0.2, 0) is 0 Å². The van der Waals surface area contributed by atoms with Crippen molar-refractivity contribution in [2.45, 2.75) is 38.1 Å². The summed E-state index contributed by atoms with van der Waals surface area (Å²) in [4.78, 5) is 27.2. The summed E-state index contributed by atoms with van der Waals surface area (Å²) in [5.41, 5.74) is -0.241. The summed E-state index contributed by atoms with van der Waals surface area (Å²) >= 11 is 0. The van der Waals surface area contributed by atoms with Crippen LogP contribution in [0.1, 0.15) is 37.7 Å². The molecule has 1 aliphatic heterocycles. The van der Waals surface area contributed by atoms with E-state index in [2.05, 4.69) is 12.2 Å². The average Bonchev–Trinajstić information content (AvgIpc) is 3.41. The van der Waals surface area contributed by atoms with Crippen LogP contribution >= 0.6 is 0 Å². The molecule has 0 spiro atoms. The van der Waals surface area contributed by atoms with Crippen molar-refractivity contribution in [2.24, 2.45) is 5.92 Å². The predicted molar refractivity (Wildman–Crippen MR) is 105 cm³/mol. The lowest BCUT2D eigenvalue weighted by Gasteiger charge is -2.25. The molecule has 0 amide bonds. The fraction of sp³-hybridized carbons (Fsp3) is 0.579. The molecule has 28 heavy (non-hydrogen) atoms. The van der Waals surface area contributed by atoms with Crippen LogP contribution in [0.2, 0.25) is 0 Å². The molecule has 2 atom stereocenters. The molecule has 3 heterocycles. The number of nitrogens with zero attached hydrogens (tertiary/aromatic N) is 3. The van der Waals surface area contributed by atoms with Gasteiger partial charge in [0.1, 0.15) is 11.2 Å². The standard InChI is InChI=1S/C19H26FN5O3/c1-10(22-2)12-6-7-23(8-12)15-13(20)9-24-16(17(15)28-3)14(11-4-5-11)18(26)25(21)19(24)27/h9-12,22H,4-8,21H2,1-3H3/t10-,12+/m1/s1. The van der Waals surface area contributed by atoms with Gasteiger partial charge in [-0.05, 0) is 45.1 Å². The average molecular weight is 391 g/mol. The minimum Gasteiger partial charge on any atom is -0.492 e. The third kappa shape index (κ3) is 2.76. The van der Waals surface area contributed by atoms with E-state index in [9.17, 15) is 9.59 Å². The zero-order valence-electron chi connectivity index (χ0n) is 16.4. The van der Waals surface area contributed by atoms with Gasteiger partial charge in [0.25, 0.3) is 5.56 Å². The number of nitrogens with two attached hydrogens (primary N) is 1. The highest BCUT2D eigenvalue weighted by Gasteiger charge is 2.35. The molecule has 4 rings (SSSR count). The SMILES string of the molecule is CN[C@H](C)[C@H]1CCN(c2c(F)cn3c(=O)n(N)c(=O)c(C4CC4)c3c2OC)C1. The molecule has 2 fully saturated rings. The van der Waals surface area contributed by atoms with Crippen molar-refractivity contribution in [3.05, 3.63) is 38.4 Å². The minimum atomic E-state index is -0.781. The fourth-order valence-corrected chi connectivity index (χ4v) is 4.27. The number of rotatable bonds is 5. The third-order valence-electron chi connectivity index (χ3n) is 6.15. The Morgan fingerprint density at radius 2 is 2.04 bits per heavy atom. The molecule has 1 saturated heterocycles. The van der Waals surface area contributed by atoms with Crippen LogP contribution in [-0.4, -0.2) is 42.4 Å². The van der Waals surface area contributed by atoms with E-state index >= 15 is 4.39 Å². The monoisotopic (exact) mass is 391 g/mol. The molecule has 0 radical (unpaired) electrons. The van der Waals surface area contributed by atoms with Gasteiger partial charge in [0.05, 0.1) is 18.9 Å². The van der Waals surface area contributed by atoms with Gasteiger partial charge in [0, 0.05) is 19.1 Å². The number of aromatic nitrogens is 2. The van der Waals surface area contributed by atoms with Gasteiger partial charge >= 0.3 is 5.69 Å². The highest BCUT2D eigenvalue weighted by molar-refractivity contribution is 5.78. The second-order valence-corrected chi connectivity index (χ2v) is 7.80. The molecule has 152 valence electrons. The topological polar surface area (TPSA) is 94.0 Å². The van der Waals surface area contributed by atoms with Crippen LogP contribution in [0, 0.1) is 11.7 Å². The van der Waals surface area contributed by atoms with Gasteiger partial charge in [0.15, 0.2) is 11.6 Å². The van der Waals surface area contributed by atoms with Crippen LogP contribution in [0.5, 0.6) is 5.75 Å². The first-order valence-electron chi connectivity index (χ1n) is 9.64.